The van der Waals surface area contributed by atoms with Gasteiger partial charge in [-0.1, -0.05) is 13.0 Å². The fraction of sp³-hybridized carbons (Fsp3) is 0.500. The van der Waals surface area contributed by atoms with Gasteiger partial charge in [0.2, 0.25) is 0 Å². The standard InChI is InChI=1S/C12H19NO2/c1-4-6-14-9-11-7-12(8-13-5-2)15-10(11)3/h4,7,13H,1,5-6,8-9H2,2-3H3. The van der Waals surface area contributed by atoms with Crippen LogP contribution < -0.4 is 5.32 Å². The first-order chi connectivity index (χ1) is 7.27. The van der Waals surface area contributed by atoms with Crippen LogP contribution in [0.5, 0.6) is 0 Å². The number of hydrogen-bond acceptors (Lipinski definition) is 3. The molecule has 0 atom stereocenters. The van der Waals surface area contributed by atoms with Crippen LogP contribution in [0.25, 0.3) is 0 Å². The number of rotatable bonds is 7. The van der Waals surface area contributed by atoms with Crippen LogP contribution in [0.2, 0.25) is 0 Å². The average Bonchev–Trinajstić information content (AvgIpc) is 2.57. The van der Waals surface area contributed by atoms with Crippen molar-refractivity contribution in [1.82, 2.24) is 5.32 Å². The molecule has 84 valence electrons. The molecular weight excluding hydrogens is 190 g/mol. The Labute approximate surface area is 91.1 Å². The molecule has 15 heavy (non-hydrogen) atoms. The van der Waals surface area contributed by atoms with E-state index in [-0.39, 0.29) is 0 Å². The van der Waals surface area contributed by atoms with Crippen molar-refractivity contribution in [2.75, 3.05) is 13.2 Å². The van der Waals surface area contributed by atoms with Crippen LogP contribution in [0.3, 0.4) is 0 Å². The van der Waals surface area contributed by atoms with Gasteiger partial charge in [0.15, 0.2) is 0 Å². The van der Waals surface area contributed by atoms with E-state index in [1.807, 2.05) is 13.0 Å². The fourth-order valence-electron chi connectivity index (χ4n) is 1.32. The summed E-state index contributed by atoms with van der Waals surface area (Å²) in [6, 6.07) is 2.04. The molecule has 0 fully saturated rings. The van der Waals surface area contributed by atoms with Gasteiger partial charge >= 0.3 is 0 Å². The normalized spacial score (nSPS) is 10.5. The highest BCUT2D eigenvalue weighted by atomic mass is 16.5. The Bertz CT molecular complexity index is 305. The summed E-state index contributed by atoms with van der Waals surface area (Å²) < 4.78 is 10.9. The second-order valence-electron chi connectivity index (χ2n) is 3.38. The minimum Gasteiger partial charge on any atom is -0.465 e. The Balaban J connectivity index is 2.48. The van der Waals surface area contributed by atoms with E-state index >= 15 is 0 Å². The Morgan fingerprint density at radius 3 is 3.07 bits per heavy atom. The molecule has 3 heteroatoms. The molecule has 0 aliphatic carbocycles. The van der Waals surface area contributed by atoms with Crippen LogP contribution in [0.4, 0.5) is 0 Å². The van der Waals surface area contributed by atoms with Gasteiger partial charge in [0.25, 0.3) is 0 Å². The zero-order valence-electron chi connectivity index (χ0n) is 9.51. The third kappa shape index (κ3) is 3.90. The molecular formula is C12H19NO2. The zero-order valence-corrected chi connectivity index (χ0v) is 9.51. The van der Waals surface area contributed by atoms with Crippen molar-refractivity contribution < 1.29 is 9.15 Å². The van der Waals surface area contributed by atoms with Crippen molar-refractivity contribution in [3.05, 3.63) is 35.8 Å². The minimum atomic E-state index is 0.577. The first kappa shape index (κ1) is 12.0. The van der Waals surface area contributed by atoms with Crippen LogP contribution >= 0.6 is 0 Å². The van der Waals surface area contributed by atoms with Crippen molar-refractivity contribution in [2.45, 2.75) is 27.0 Å². The zero-order chi connectivity index (χ0) is 11.1. The molecule has 0 aliphatic rings. The van der Waals surface area contributed by atoms with E-state index in [0.29, 0.717) is 13.2 Å². The Kier molecular flexibility index (Phi) is 5.15. The molecule has 0 saturated heterocycles. The van der Waals surface area contributed by atoms with E-state index in [9.17, 15) is 0 Å². The summed E-state index contributed by atoms with van der Waals surface area (Å²) in [7, 11) is 0. The molecule has 0 aliphatic heterocycles. The largest absolute Gasteiger partial charge is 0.465 e. The maximum absolute atomic E-state index is 5.58. The van der Waals surface area contributed by atoms with Crippen molar-refractivity contribution in [2.24, 2.45) is 0 Å². The van der Waals surface area contributed by atoms with Crippen molar-refractivity contribution in [1.29, 1.82) is 0 Å². The lowest BCUT2D eigenvalue weighted by atomic mass is 10.2. The molecule has 0 bridgehead atoms. The Morgan fingerprint density at radius 1 is 1.60 bits per heavy atom. The van der Waals surface area contributed by atoms with Crippen LogP contribution in [-0.4, -0.2) is 13.2 Å². The summed E-state index contributed by atoms with van der Waals surface area (Å²) in [4.78, 5) is 0. The SMILES string of the molecule is C=CCOCc1cc(CNCC)oc1C. The number of furan rings is 1. The maximum atomic E-state index is 5.58. The lowest BCUT2D eigenvalue weighted by Gasteiger charge is -1.97. The van der Waals surface area contributed by atoms with Crippen LogP contribution in [0, 0.1) is 6.92 Å². The lowest BCUT2D eigenvalue weighted by Crippen LogP contribution is -2.10. The monoisotopic (exact) mass is 209 g/mol. The fourth-order valence-corrected chi connectivity index (χ4v) is 1.32. The first-order valence-corrected chi connectivity index (χ1v) is 5.25. The highest BCUT2D eigenvalue weighted by molar-refractivity contribution is 5.19. The Morgan fingerprint density at radius 2 is 2.40 bits per heavy atom. The van der Waals surface area contributed by atoms with Crippen LogP contribution in [-0.2, 0) is 17.9 Å². The Hall–Kier alpha value is -1.06. The number of nitrogens with one attached hydrogen (secondary N) is 1. The summed E-state index contributed by atoms with van der Waals surface area (Å²) in [5, 5.41) is 3.22. The van der Waals surface area contributed by atoms with E-state index in [0.717, 1.165) is 30.2 Å². The molecule has 1 aromatic rings. The molecule has 1 N–H and O–H groups in total. The van der Waals surface area contributed by atoms with Crippen LogP contribution in [0.1, 0.15) is 24.0 Å². The average molecular weight is 209 g/mol. The van der Waals surface area contributed by atoms with Gasteiger partial charge in [-0.2, -0.15) is 0 Å². The predicted molar refractivity (Wildman–Crippen MR) is 60.7 cm³/mol. The number of hydrogen-bond donors (Lipinski definition) is 1. The van der Waals surface area contributed by atoms with Gasteiger partial charge in [0, 0.05) is 5.56 Å². The maximum Gasteiger partial charge on any atom is 0.118 e. The van der Waals surface area contributed by atoms with Gasteiger partial charge in [0.05, 0.1) is 19.8 Å². The van der Waals surface area contributed by atoms with E-state index in [1.165, 1.54) is 0 Å². The summed E-state index contributed by atoms with van der Waals surface area (Å²) in [6.45, 7) is 10.5. The van der Waals surface area contributed by atoms with Gasteiger partial charge in [0.1, 0.15) is 11.5 Å². The smallest absolute Gasteiger partial charge is 0.118 e. The van der Waals surface area contributed by atoms with Gasteiger partial charge in [-0.15, -0.1) is 6.58 Å². The summed E-state index contributed by atoms with van der Waals surface area (Å²) >= 11 is 0. The lowest BCUT2D eigenvalue weighted by molar-refractivity contribution is 0.147. The third-order valence-corrected chi connectivity index (χ3v) is 2.11. The number of ether oxygens (including phenoxy) is 1. The molecule has 0 spiro atoms. The van der Waals surface area contributed by atoms with Crippen LogP contribution in [0.15, 0.2) is 23.1 Å². The molecule has 1 aromatic heterocycles. The molecule has 1 heterocycles. The highest BCUT2D eigenvalue weighted by Crippen LogP contribution is 2.15. The van der Waals surface area contributed by atoms with E-state index in [2.05, 4.69) is 18.8 Å². The van der Waals surface area contributed by atoms with E-state index < -0.39 is 0 Å². The molecule has 0 aromatic carbocycles. The van der Waals surface area contributed by atoms with Gasteiger partial charge in [-0.25, -0.2) is 0 Å². The predicted octanol–water partition coefficient (Wildman–Crippen LogP) is 2.40. The molecule has 0 radical (unpaired) electrons. The highest BCUT2D eigenvalue weighted by Gasteiger charge is 2.06. The van der Waals surface area contributed by atoms with Crippen molar-refractivity contribution >= 4 is 0 Å². The molecule has 3 nitrogen and oxygen atoms in total. The molecule has 0 amide bonds. The quantitative estimate of drug-likeness (QED) is 0.553. The molecule has 0 unspecified atom stereocenters. The second kappa shape index (κ2) is 6.43. The van der Waals surface area contributed by atoms with Crippen molar-refractivity contribution in [3.63, 3.8) is 0 Å². The van der Waals surface area contributed by atoms with Gasteiger partial charge in [-0.3, -0.25) is 0 Å². The third-order valence-electron chi connectivity index (χ3n) is 2.11. The summed E-state index contributed by atoms with van der Waals surface area (Å²) in [6.07, 6.45) is 1.75. The van der Waals surface area contributed by atoms with Crippen molar-refractivity contribution in [3.8, 4) is 0 Å². The topological polar surface area (TPSA) is 34.4 Å². The van der Waals surface area contributed by atoms with E-state index in [1.54, 1.807) is 6.08 Å². The minimum absolute atomic E-state index is 0.577. The van der Waals surface area contributed by atoms with E-state index in [4.69, 9.17) is 9.15 Å². The summed E-state index contributed by atoms with van der Waals surface area (Å²) in [5.41, 5.74) is 1.12. The van der Waals surface area contributed by atoms with Gasteiger partial charge < -0.3 is 14.5 Å². The molecule has 1 rings (SSSR count). The molecule has 0 saturated carbocycles. The first-order valence-electron chi connectivity index (χ1n) is 5.25. The summed E-state index contributed by atoms with van der Waals surface area (Å²) in [5.74, 6) is 1.90. The van der Waals surface area contributed by atoms with Gasteiger partial charge in [-0.05, 0) is 19.5 Å². The second-order valence-corrected chi connectivity index (χ2v) is 3.38. The number of aryl methyl sites for hydroxylation is 1.